The number of aromatic nitrogens is 8. The van der Waals surface area contributed by atoms with Crippen LogP contribution in [0.4, 0.5) is 11.9 Å². The first kappa shape index (κ1) is 43.0. The van der Waals surface area contributed by atoms with Crippen molar-refractivity contribution in [1.82, 2.24) is 43.6 Å². The van der Waals surface area contributed by atoms with Crippen LogP contribution in [0.25, 0.3) is 22.1 Å². The summed E-state index contributed by atoms with van der Waals surface area (Å²) in [6.45, 7) is 12.9. The second-order valence-electron chi connectivity index (χ2n) is 14.7. The molecule has 0 bridgehead atoms. The molecule has 0 radical (unpaired) electrons. The third-order valence-corrected chi connectivity index (χ3v) is 10.4. The van der Waals surface area contributed by atoms with Gasteiger partial charge in [-0.1, -0.05) is 12.2 Å². The Hall–Kier alpha value is -7.06. The lowest BCUT2D eigenvalue weighted by Gasteiger charge is -2.26. The van der Waals surface area contributed by atoms with Gasteiger partial charge in [-0.2, -0.15) is 10.2 Å². The van der Waals surface area contributed by atoms with E-state index in [0.717, 1.165) is 19.6 Å². The Balaban J connectivity index is 1.25. The van der Waals surface area contributed by atoms with E-state index in [1.54, 1.807) is 49.7 Å². The molecule has 1 fully saturated rings. The van der Waals surface area contributed by atoms with Gasteiger partial charge < -0.3 is 34.8 Å². The van der Waals surface area contributed by atoms with Crippen molar-refractivity contribution < 1.29 is 33.4 Å². The first-order chi connectivity index (χ1) is 29.9. The maximum Gasteiger partial charge on any atom is 0.276 e. The molecule has 5 heterocycles. The second-order valence-corrected chi connectivity index (χ2v) is 14.7. The number of amides is 4. The van der Waals surface area contributed by atoms with Gasteiger partial charge >= 0.3 is 0 Å². The average molecular weight is 850 g/mol. The quantitative estimate of drug-likeness (QED) is 0.0717. The summed E-state index contributed by atoms with van der Waals surface area (Å²) in [7, 11) is 1.47. The number of carbonyl (C=O) groups excluding carboxylic acids is 4. The van der Waals surface area contributed by atoms with Gasteiger partial charge in [0.1, 0.15) is 33.9 Å². The number of primary amides is 2. The Morgan fingerprint density at radius 1 is 0.742 bits per heavy atom. The van der Waals surface area contributed by atoms with Gasteiger partial charge in [-0.15, -0.1) is 0 Å². The third kappa shape index (κ3) is 9.15. The molecule has 0 atom stereocenters. The standard InChI is InChI=1S/C42H51N13O7/c1-6-54-31(19-25(3)49-54)39(58)47-41-45-29-21-27(37(43)56)23-33(60-5)35(29)52(41)12-8-9-13-53-36-30(46-42(53)48-40(59)32-20-26(4)50-55(32)7-2)22-28(38(44)57)24-34(36)62-16-10-11-51-14-17-61-18-15-51/h8-9,19-24H,6-7,10-18H2,1-5H3,(H2,43,56)(H2,44,57)(H,45,47,58)(H,46,48,59). The van der Waals surface area contributed by atoms with Crippen molar-refractivity contribution >= 4 is 57.6 Å². The first-order valence-electron chi connectivity index (χ1n) is 20.4. The van der Waals surface area contributed by atoms with Crippen LogP contribution < -0.4 is 31.6 Å². The van der Waals surface area contributed by atoms with E-state index in [-0.39, 0.29) is 36.1 Å². The Morgan fingerprint density at radius 2 is 1.23 bits per heavy atom. The summed E-state index contributed by atoms with van der Waals surface area (Å²) in [6.07, 6.45) is 4.42. The zero-order valence-electron chi connectivity index (χ0n) is 35.4. The summed E-state index contributed by atoms with van der Waals surface area (Å²) in [5.41, 5.74) is 15.7. The molecule has 2 aromatic carbocycles. The van der Waals surface area contributed by atoms with Crippen LogP contribution in [0.15, 0.2) is 48.6 Å². The highest BCUT2D eigenvalue weighted by molar-refractivity contribution is 6.05. The predicted molar refractivity (Wildman–Crippen MR) is 231 cm³/mol. The van der Waals surface area contributed by atoms with Crippen molar-refractivity contribution in [2.75, 3.05) is 57.2 Å². The molecular formula is C42H51N13O7. The zero-order valence-corrected chi connectivity index (χ0v) is 35.4. The number of rotatable bonds is 18. The number of methoxy groups -OCH3 is 1. The number of benzene rings is 2. The van der Waals surface area contributed by atoms with E-state index in [1.165, 1.54) is 19.2 Å². The number of hydrogen-bond donors (Lipinski definition) is 4. The molecule has 6 aromatic rings. The molecule has 0 unspecified atom stereocenters. The SMILES string of the molecule is CCn1nc(C)cc1C(=O)Nc1nc2cc(C(N)=O)cc(OC)c2n1CC=CCn1c(NC(=O)c2cc(C)nn2CC)nc2cc(C(N)=O)cc(OCCCN3CCOCC3)c21. The van der Waals surface area contributed by atoms with Crippen LogP contribution in [0.3, 0.4) is 0 Å². The molecule has 20 nitrogen and oxygen atoms in total. The summed E-state index contributed by atoms with van der Waals surface area (Å²) >= 11 is 0. The van der Waals surface area contributed by atoms with Crippen molar-refractivity contribution in [3.8, 4) is 11.5 Å². The van der Waals surface area contributed by atoms with Crippen molar-refractivity contribution in [2.45, 2.75) is 60.3 Å². The summed E-state index contributed by atoms with van der Waals surface area (Å²) in [5.74, 6) is -1.11. The Bertz CT molecular complexity index is 2680. The molecule has 0 aliphatic carbocycles. The van der Waals surface area contributed by atoms with E-state index in [0.29, 0.717) is 95.7 Å². The number of nitrogens with one attached hydrogen (secondary N) is 2. The molecule has 4 amide bonds. The number of hydrogen-bond acceptors (Lipinski definition) is 12. The molecule has 0 saturated carbocycles. The molecule has 1 aliphatic heterocycles. The number of ether oxygens (including phenoxy) is 3. The molecule has 4 aromatic heterocycles. The number of fused-ring (bicyclic) bond motifs is 2. The smallest absolute Gasteiger partial charge is 0.276 e. The maximum absolute atomic E-state index is 13.8. The van der Waals surface area contributed by atoms with Gasteiger partial charge in [0, 0.05) is 56.9 Å². The zero-order chi connectivity index (χ0) is 44.1. The maximum atomic E-state index is 13.8. The van der Waals surface area contributed by atoms with Crippen LogP contribution in [0.5, 0.6) is 11.5 Å². The minimum Gasteiger partial charge on any atom is -0.494 e. The lowest BCUT2D eigenvalue weighted by Crippen LogP contribution is -2.37. The highest BCUT2D eigenvalue weighted by Crippen LogP contribution is 2.33. The van der Waals surface area contributed by atoms with Crippen LogP contribution in [-0.4, -0.2) is 114 Å². The highest BCUT2D eigenvalue weighted by Gasteiger charge is 2.24. The number of aryl methyl sites for hydroxylation is 4. The Morgan fingerprint density at radius 3 is 1.69 bits per heavy atom. The van der Waals surface area contributed by atoms with E-state index in [4.69, 9.17) is 35.6 Å². The van der Waals surface area contributed by atoms with Crippen LogP contribution in [0, 0.1) is 13.8 Å². The lowest BCUT2D eigenvalue weighted by molar-refractivity contribution is 0.0358. The molecule has 1 aliphatic rings. The van der Waals surface area contributed by atoms with Crippen molar-refractivity contribution in [2.24, 2.45) is 11.5 Å². The van der Waals surface area contributed by atoms with Crippen LogP contribution in [0.1, 0.15) is 73.3 Å². The molecule has 6 N–H and O–H groups in total. The van der Waals surface area contributed by atoms with Crippen molar-refractivity contribution in [3.63, 3.8) is 0 Å². The number of allylic oxidation sites excluding steroid dienone is 2. The second kappa shape index (κ2) is 18.7. The third-order valence-electron chi connectivity index (χ3n) is 10.4. The van der Waals surface area contributed by atoms with Gasteiger partial charge in [0.05, 0.1) is 49.4 Å². The largest absolute Gasteiger partial charge is 0.494 e. The van der Waals surface area contributed by atoms with Crippen LogP contribution in [-0.2, 0) is 30.9 Å². The number of anilines is 2. The summed E-state index contributed by atoms with van der Waals surface area (Å²) in [6, 6.07) is 9.61. The molecule has 0 spiro atoms. The summed E-state index contributed by atoms with van der Waals surface area (Å²) in [5, 5.41) is 14.7. The molecule has 326 valence electrons. The normalized spacial score (nSPS) is 13.3. The van der Waals surface area contributed by atoms with Crippen molar-refractivity contribution in [1.29, 1.82) is 0 Å². The monoisotopic (exact) mass is 849 g/mol. The minimum absolute atomic E-state index is 0.171. The van der Waals surface area contributed by atoms with E-state index in [1.807, 2.05) is 32.9 Å². The highest BCUT2D eigenvalue weighted by atomic mass is 16.5. The van der Waals surface area contributed by atoms with Gasteiger partial charge in [0.15, 0.2) is 0 Å². The number of nitrogens with two attached hydrogens (primary N) is 2. The van der Waals surface area contributed by atoms with Crippen LogP contribution >= 0.6 is 0 Å². The fourth-order valence-electron chi connectivity index (χ4n) is 7.48. The van der Waals surface area contributed by atoms with Gasteiger partial charge in [-0.3, -0.25) is 44.1 Å². The number of carbonyl (C=O) groups is 4. The molecule has 7 rings (SSSR count). The number of morpholine rings is 1. The van der Waals surface area contributed by atoms with E-state index >= 15 is 0 Å². The Labute approximate surface area is 356 Å². The minimum atomic E-state index is -0.666. The van der Waals surface area contributed by atoms with Gasteiger partial charge in [-0.25, -0.2) is 9.97 Å². The molecule has 20 heteroatoms. The topological polar surface area (TPSA) is 247 Å². The van der Waals surface area contributed by atoms with Crippen LogP contribution in [0.2, 0.25) is 0 Å². The van der Waals surface area contributed by atoms with E-state index in [9.17, 15) is 19.2 Å². The van der Waals surface area contributed by atoms with E-state index in [2.05, 4.69) is 25.7 Å². The fourth-order valence-corrected chi connectivity index (χ4v) is 7.48. The van der Waals surface area contributed by atoms with Crippen molar-refractivity contribution in [3.05, 3.63) is 82.5 Å². The van der Waals surface area contributed by atoms with Gasteiger partial charge in [0.25, 0.3) is 11.8 Å². The van der Waals surface area contributed by atoms with E-state index < -0.39 is 23.6 Å². The molecule has 62 heavy (non-hydrogen) atoms. The van der Waals surface area contributed by atoms with Gasteiger partial charge in [0.2, 0.25) is 23.7 Å². The Kier molecular flexibility index (Phi) is 13.0. The molecule has 1 saturated heterocycles. The average Bonchev–Trinajstić information content (AvgIpc) is 4.03. The molecular weight excluding hydrogens is 799 g/mol. The summed E-state index contributed by atoms with van der Waals surface area (Å²) in [4.78, 5) is 64.1. The number of imidazole rings is 2. The predicted octanol–water partition coefficient (Wildman–Crippen LogP) is 3.50. The first-order valence-corrected chi connectivity index (χ1v) is 20.4. The lowest BCUT2D eigenvalue weighted by atomic mass is 10.1. The fraction of sp³-hybridized carbons (Fsp3) is 0.381. The van der Waals surface area contributed by atoms with Gasteiger partial charge in [-0.05, 0) is 70.5 Å². The summed E-state index contributed by atoms with van der Waals surface area (Å²) < 4.78 is 24.3. The number of nitrogens with zero attached hydrogens (tertiary/aromatic N) is 9.